The van der Waals surface area contributed by atoms with Crippen LogP contribution < -0.4 is 0 Å². The molecule has 0 amide bonds. The van der Waals surface area contributed by atoms with Crippen LogP contribution >= 0.6 is 0 Å². The molecule has 150 valence electrons. The van der Waals surface area contributed by atoms with Gasteiger partial charge >= 0.3 is 0 Å². The van der Waals surface area contributed by atoms with E-state index in [1.807, 2.05) is 6.20 Å². The lowest BCUT2D eigenvalue weighted by molar-refractivity contribution is 0.664. The van der Waals surface area contributed by atoms with Crippen LogP contribution in [0.15, 0.2) is 70.4 Å². The maximum Gasteiger partial charge on any atom is 0.0335 e. The van der Waals surface area contributed by atoms with Crippen molar-refractivity contribution in [3.05, 3.63) is 82.1 Å². The van der Waals surface area contributed by atoms with E-state index in [-0.39, 0.29) is 0 Å². The van der Waals surface area contributed by atoms with Gasteiger partial charge in [-0.25, -0.2) is 0 Å². The van der Waals surface area contributed by atoms with E-state index in [9.17, 15) is 0 Å². The minimum atomic E-state index is 0.490. The Kier molecular flexibility index (Phi) is 8.70. The van der Waals surface area contributed by atoms with E-state index in [1.165, 1.54) is 52.7 Å². The highest BCUT2D eigenvalue weighted by Crippen LogP contribution is 2.37. The number of hydrogen-bond acceptors (Lipinski definition) is 1. The van der Waals surface area contributed by atoms with Gasteiger partial charge in [0.2, 0.25) is 0 Å². The SMILES string of the molecule is C=N/C=C(\C=C(\Cc1ccc(C)c(C)c1)CC1CC1)C(=C\C=C/C)/C(C)CC. The molecule has 0 heterocycles. The molecule has 28 heavy (non-hydrogen) atoms. The minimum Gasteiger partial charge on any atom is -0.272 e. The second-order valence-electron chi connectivity index (χ2n) is 8.27. The number of benzene rings is 1. The third kappa shape index (κ3) is 6.78. The van der Waals surface area contributed by atoms with Crippen LogP contribution in [0.1, 0.15) is 63.1 Å². The van der Waals surface area contributed by atoms with Gasteiger partial charge in [0.15, 0.2) is 0 Å². The molecule has 0 N–H and O–H groups in total. The summed E-state index contributed by atoms with van der Waals surface area (Å²) in [6, 6.07) is 6.87. The van der Waals surface area contributed by atoms with Gasteiger partial charge in [-0.15, -0.1) is 0 Å². The summed E-state index contributed by atoms with van der Waals surface area (Å²) in [7, 11) is 0. The molecule has 0 spiro atoms. The molecule has 1 saturated carbocycles. The van der Waals surface area contributed by atoms with Gasteiger partial charge in [-0.2, -0.15) is 0 Å². The van der Waals surface area contributed by atoms with Crippen molar-refractivity contribution in [3.63, 3.8) is 0 Å². The van der Waals surface area contributed by atoms with Crippen molar-refractivity contribution in [1.82, 2.24) is 0 Å². The second kappa shape index (κ2) is 11.0. The van der Waals surface area contributed by atoms with Crippen LogP contribution in [0.25, 0.3) is 0 Å². The molecule has 0 aromatic heterocycles. The lowest BCUT2D eigenvalue weighted by Gasteiger charge is -2.17. The summed E-state index contributed by atoms with van der Waals surface area (Å²) in [5, 5.41) is 0. The summed E-state index contributed by atoms with van der Waals surface area (Å²) in [6.07, 6.45) is 16.9. The topological polar surface area (TPSA) is 12.4 Å². The van der Waals surface area contributed by atoms with Crippen LogP contribution in [0.5, 0.6) is 0 Å². The molecular formula is C27H37N. The lowest BCUT2D eigenvalue weighted by Crippen LogP contribution is -2.02. The van der Waals surface area contributed by atoms with Crippen LogP contribution in [0.4, 0.5) is 0 Å². The van der Waals surface area contributed by atoms with Gasteiger partial charge in [0.1, 0.15) is 0 Å². The monoisotopic (exact) mass is 375 g/mol. The summed E-state index contributed by atoms with van der Waals surface area (Å²) < 4.78 is 0. The maximum absolute atomic E-state index is 4.14. The number of allylic oxidation sites excluding steroid dienone is 7. The standard InChI is InChI=1S/C27H37N/c1-7-9-10-27(20(3)8-2)26(19-28-6)18-25(16-23-13-14-23)17-24-12-11-21(4)22(5)15-24/h7,9-12,15,18-20,23H,6,8,13-14,16-17H2,1-5H3/b9-7-,25-18+,26-19+,27-10-. The van der Waals surface area contributed by atoms with Crippen molar-refractivity contribution in [2.24, 2.45) is 16.8 Å². The van der Waals surface area contributed by atoms with Crippen molar-refractivity contribution in [3.8, 4) is 0 Å². The molecule has 1 unspecified atom stereocenters. The minimum absolute atomic E-state index is 0.490. The highest BCUT2D eigenvalue weighted by molar-refractivity contribution is 5.46. The summed E-state index contributed by atoms with van der Waals surface area (Å²) >= 11 is 0. The third-order valence-corrected chi connectivity index (χ3v) is 5.79. The van der Waals surface area contributed by atoms with Gasteiger partial charge in [0.05, 0.1) is 0 Å². The first-order chi connectivity index (χ1) is 13.5. The molecule has 0 aliphatic heterocycles. The fourth-order valence-corrected chi connectivity index (χ4v) is 3.53. The van der Waals surface area contributed by atoms with Crippen LogP contribution in [0.3, 0.4) is 0 Å². The molecule has 1 aromatic carbocycles. The summed E-state index contributed by atoms with van der Waals surface area (Å²) in [5.74, 6) is 1.35. The quantitative estimate of drug-likeness (QED) is 0.293. The first-order valence-electron chi connectivity index (χ1n) is 10.7. The molecule has 1 heteroatoms. The van der Waals surface area contributed by atoms with Crippen molar-refractivity contribution >= 4 is 6.72 Å². The van der Waals surface area contributed by atoms with E-state index in [4.69, 9.17) is 0 Å². The number of aliphatic imine (C=N–C) groups is 1. The highest BCUT2D eigenvalue weighted by atomic mass is 14.6. The van der Waals surface area contributed by atoms with Crippen LogP contribution in [0, 0.1) is 25.7 Å². The third-order valence-electron chi connectivity index (χ3n) is 5.79. The predicted molar refractivity (Wildman–Crippen MR) is 125 cm³/mol. The van der Waals surface area contributed by atoms with Crippen molar-refractivity contribution < 1.29 is 0 Å². The van der Waals surface area contributed by atoms with Gasteiger partial charge in [0, 0.05) is 6.20 Å². The molecule has 2 rings (SSSR count). The van der Waals surface area contributed by atoms with Crippen molar-refractivity contribution in [2.75, 3.05) is 0 Å². The first-order valence-corrected chi connectivity index (χ1v) is 10.7. The Balaban J connectivity index is 2.39. The van der Waals surface area contributed by atoms with Crippen LogP contribution in [-0.2, 0) is 6.42 Å². The molecule has 1 atom stereocenters. The van der Waals surface area contributed by atoms with E-state index >= 15 is 0 Å². The second-order valence-corrected chi connectivity index (χ2v) is 8.27. The number of rotatable bonds is 10. The Morgan fingerprint density at radius 2 is 2.00 bits per heavy atom. The molecule has 0 bridgehead atoms. The van der Waals surface area contributed by atoms with E-state index in [0.29, 0.717) is 5.92 Å². The molecule has 1 nitrogen and oxygen atoms in total. The van der Waals surface area contributed by atoms with Gasteiger partial charge in [-0.1, -0.05) is 61.9 Å². The molecular weight excluding hydrogens is 338 g/mol. The molecule has 1 fully saturated rings. The van der Waals surface area contributed by atoms with E-state index in [0.717, 1.165) is 18.8 Å². The lowest BCUT2D eigenvalue weighted by atomic mass is 9.88. The van der Waals surface area contributed by atoms with Crippen molar-refractivity contribution in [2.45, 2.75) is 66.7 Å². The van der Waals surface area contributed by atoms with Gasteiger partial charge in [0.25, 0.3) is 0 Å². The zero-order valence-corrected chi connectivity index (χ0v) is 18.5. The smallest absolute Gasteiger partial charge is 0.0335 e. The molecule has 1 aromatic rings. The fraction of sp³-hybridized carbons (Fsp3) is 0.444. The highest BCUT2D eigenvalue weighted by Gasteiger charge is 2.23. The Morgan fingerprint density at radius 1 is 1.25 bits per heavy atom. The largest absolute Gasteiger partial charge is 0.272 e. The first kappa shape index (κ1) is 22.1. The Labute approximate surface area is 172 Å². The van der Waals surface area contributed by atoms with Crippen molar-refractivity contribution in [1.29, 1.82) is 0 Å². The Morgan fingerprint density at radius 3 is 2.57 bits per heavy atom. The van der Waals surface area contributed by atoms with E-state index in [2.05, 4.69) is 88.8 Å². The normalized spacial score (nSPS) is 17.2. The molecule has 0 radical (unpaired) electrons. The zero-order valence-electron chi connectivity index (χ0n) is 18.5. The van der Waals surface area contributed by atoms with Gasteiger partial charge in [-0.3, -0.25) is 4.99 Å². The molecule has 0 saturated heterocycles. The number of nitrogens with zero attached hydrogens (tertiary/aromatic N) is 1. The van der Waals surface area contributed by atoms with Gasteiger partial charge < -0.3 is 0 Å². The Bertz CT molecular complexity index is 784. The number of aryl methyl sites for hydroxylation is 2. The Hall–Kier alpha value is -2.15. The summed E-state index contributed by atoms with van der Waals surface area (Å²) in [4.78, 5) is 4.14. The van der Waals surface area contributed by atoms with Crippen LogP contribution in [-0.4, -0.2) is 6.72 Å². The average Bonchev–Trinajstić information content (AvgIpc) is 3.48. The summed E-state index contributed by atoms with van der Waals surface area (Å²) in [5.41, 5.74) is 8.21. The van der Waals surface area contributed by atoms with Gasteiger partial charge in [-0.05, 0) is 99.3 Å². The number of hydrogen-bond donors (Lipinski definition) is 0. The maximum atomic E-state index is 4.14. The summed E-state index contributed by atoms with van der Waals surface area (Å²) in [6.45, 7) is 14.7. The zero-order chi connectivity index (χ0) is 20.5. The fourth-order valence-electron chi connectivity index (χ4n) is 3.53. The van der Waals surface area contributed by atoms with Crippen LogP contribution in [0.2, 0.25) is 0 Å². The predicted octanol–water partition coefficient (Wildman–Crippen LogP) is 7.71. The van der Waals surface area contributed by atoms with E-state index in [1.54, 1.807) is 0 Å². The average molecular weight is 376 g/mol. The molecule has 1 aliphatic carbocycles. The molecule has 1 aliphatic rings. The van der Waals surface area contributed by atoms with E-state index < -0.39 is 0 Å².